The first-order valence-electron chi connectivity index (χ1n) is 8.39. The van der Waals surface area contributed by atoms with E-state index in [1.807, 2.05) is 0 Å². The van der Waals surface area contributed by atoms with Gasteiger partial charge in [-0.2, -0.15) is 0 Å². The molecule has 2 aliphatic heterocycles. The van der Waals surface area contributed by atoms with Gasteiger partial charge in [0.25, 0.3) is 5.91 Å². The monoisotopic (exact) mass is 336 g/mol. The number of carbonyl (C=O) groups excluding carboxylic acids is 1. The predicted molar refractivity (Wildman–Crippen MR) is 89.3 cm³/mol. The maximum Gasteiger partial charge on any atom is 0.252 e. The molecule has 3 rings (SSSR count). The molecule has 2 fully saturated rings. The summed E-state index contributed by atoms with van der Waals surface area (Å²) in [5, 5.41) is 3.09. The smallest absolute Gasteiger partial charge is 0.252 e. The molecule has 2 heterocycles. The van der Waals surface area contributed by atoms with Crippen LogP contribution in [0.5, 0.6) is 0 Å². The topological polar surface area (TPSA) is 66.5 Å². The fourth-order valence-electron chi connectivity index (χ4n) is 3.74. The van der Waals surface area contributed by atoms with Gasteiger partial charge in [-0.3, -0.25) is 9.69 Å². The van der Waals surface area contributed by atoms with Crippen molar-refractivity contribution in [3.8, 4) is 0 Å². The van der Waals surface area contributed by atoms with Gasteiger partial charge in [-0.05, 0) is 37.9 Å². The largest absolute Gasteiger partial charge is 0.348 e. The van der Waals surface area contributed by atoms with Crippen molar-refractivity contribution in [2.45, 2.75) is 49.6 Å². The van der Waals surface area contributed by atoms with Crippen LogP contribution >= 0.6 is 0 Å². The molecule has 1 amide bonds. The minimum Gasteiger partial charge on any atom is -0.348 e. The first-order valence-corrected chi connectivity index (χ1v) is 10.0. The Balaban J connectivity index is 1.79. The highest BCUT2D eigenvalue weighted by Gasteiger charge is 2.36. The number of benzene rings is 1. The molecule has 6 heteroatoms. The zero-order valence-electron chi connectivity index (χ0n) is 13.5. The highest BCUT2D eigenvalue weighted by Crippen LogP contribution is 2.27. The number of amides is 1. The number of sulfone groups is 1. The summed E-state index contributed by atoms with van der Waals surface area (Å²) in [6.45, 7) is 3.73. The summed E-state index contributed by atoms with van der Waals surface area (Å²) >= 11 is 0. The molecule has 0 radical (unpaired) electrons. The Morgan fingerprint density at radius 1 is 1.22 bits per heavy atom. The lowest BCUT2D eigenvalue weighted by molar-refractivity contribution is 0.0912. The number of nitrogens with one attached hydrogen (secondary N) is 1. The Bertz CT molecular complexity index is 687. The van der Waals surface area contributed by atoms with Crippen LogP contribution in [0.3, 0.4) is 0 Å². The van der Waals surface area contributed by atoms with E-state index in [1.165, 1.54) is 18.9 Å². The Morgan fingerprint density at radius 2 is 2.00 bits per heavy atom. The van der Waals surface area contributed by atoms with Crippen molar-refractivity contribution in [2.24, 2.45) is 0 Å². The molecular weight excluding hydrogens is 312 g/mol. The lowest BCUT2D eigenvalue weighted by Crippen LogP contribution is -2.47. The number of piperidine rings is 1. The van der Waals surface area contributed by atoms with Crippen molar-refractivity contribution in [1.82, 2.24) is 10.2 Å². The quantitative estimate of drug-likeness (QED) is 0.911. The zero-order chi connectivity index (χ0) is 16.4. The first kappa shape index (κ1) is 16.5. The van der Waals surface area contributed by atoms with Gasteiger partial charge in [-0.1, -0.05) is 25.5 Å². The van der Waals surface area contributed by atoms with Gasteiger partial charge in [-0.15, -0.1) is 0 Å². The van der Waals surface area contributed by atoms with Crippen LogP contribution in [0.15, 0.2) is 29.2 Å². The molecular formula is C17H24N2O3S. The van der Waals surface area contributed by atoms with Crippen LogP contribution in [-0.4, -0.2) is 50.2 Å². The van der Waals surface area contributed by atoms with Crippen LogP contribution in [0.2, 0.25) is 0 Å². The fourth-order valence-corrected chi connectivity index (χ4v) is 4.84. The van der Waals surface area contributed by atoms with Crippen molar-refractivity contribution in [2.75, 3.05) is 18.8 Å². The van der Waals surface area contributed by atoms with Crippen molar-refractivity contribution >= 4 is 15.7 Å². The molecule has 1 aromatic rings. The second-order valence-corrected chi connectivity index (χ2v) is 8.61. The van der Waals surface area contributed by atoms with Gasteiger partial charge >= 0.3 is 0 Å². The van der Waals surface area contributed by atoms with Gasteiger partial charge in [0.2, 0.25) is 0 Å². The Kier molecular flexibility index (Phi) is 4.73. The summed E-state index contributed by atoms with van der Waals surface area (Å²) in [5.41, 5.74) is 0.267. The normalized spacial score (nSPS) is 25.1. The molecule has 2 saturated heterocycles. The number of hydrogen-bond acceptors (Lipinski definition) is 4. The average molecular weight is 336 g/mol. The van der Waals surface area contributed by atoms with E-state index < -0.39 is 9.84 Å². The standard InChI is InChI=1S/C17H24N2O3S/c1-2-23(21,22)16-9-4-3-7-13(16)17(20)18-14-10-12-19-11-6-5-8-15(14)19/h3-4,7,9,14-15H,2,5-6,8,10-12H2,1H3,(H,18,20)/t14-,15-/m1/s1. The average Bonchev–Trinajstić information content (AvgIpc) is 2.98. The molecule has 0 aromatic heterocycles. The van der Waals surface area contributed by atoms with Gasteiger partial charge in [0.05, 0.1) is 16.2 Å². The number of rotatable bonds is 4. The molecule has 0 bridgehead atoms. The van der Waals surface area contributed by atoms with E-state index in [-0.39, 0.29) is 28.2 Å². The molecule has 23 heavy (non-hydrogen) atoms. The SMILES string of the molecule is CCS(=O)(=O)c1ccccc1C(=O)N[C@@H]1CCN2CCCC[C@H]12. The van der Waals surface area contributed by atoms with Crippen molar-refractivity contribution in [3.63, 3.8) is 0 Å². The maximum absolute atomic E-state index is 12.7. The van der Waals surface area contributed by atoms with E-state index in [9.17, 15) is 13.2 Å². The van der Waals surface area contributed by atoms with Crippen LogP contribution in [0.4, 0.5) is 0 Å². The summed E-state index contributed by atoms with van der Waals surface area (Å²) in [6.07, 6.45) is 4.49. The van der Waals surface area contributed by atoms with Crippen molar-refractivity contribution in [3.05, 3.63) is 29.8 Å². The van der Waals surface area contributed by atoms with Gasteiger partial charge in [0.1, 0.15) is 0 Å². The van der Waals surface area contributed by atoms with Crippen LogP contribution in [0, 0.1) is 0 Å². The van der Waals surface area contributed by atoms with Crippen LogP contribution < -0.4 is 5.32 Å². The minimum absolute atomic E-state index is 0.00285. The molecule has 0 spiro atoms. The Hall–Kier alpha value is -1.40. The summed E-state index contributed by atoms with van der Waals surface area (Å²) < 4.78 is 24.4. The van der Waals surface area contributed by atoms with Gasteiger partial charge < -0.3 is 5.32 Å². The summed E-state index contributed by atoms with van der Waals surface area (Å²) in [6, 6.07) is 7.03. The van der Waals surface area contributed by atoms with Gasteiger partial charge in [0.15, 0.2) is 9.84 Å². The van der Waals surface area contributed by atoms with Crippen LogP contribution in [0.1, 0.15) is 43.0 Å². The molecule has 0 saturated carbocycles. The third kappa shape index (κ3) is 3.28. The van der Waals surface area contributed by atoms with E-state index in [0.29, 0.717) is 6.04 Å². The lowest BCUT2D eigenvalue weighted by Gasteiger charge is -2.32. The Labute approximate surface area is 138 Å². The third-order valence-electron chi connectivity index (χ3n) is 5.02. The molecule has 126 valence electrons. The Morgan fingerprint density at radius 3 is 2.78 bits per heavy atom. The first-order chi connectivity index (χ1) is 11.0. The van der Waals surface area contributed by atoms with E-state index in [1.54, 1.807) is 25.1 Å². The number of fused-ring (bicyclic) bond motifs is 1. The van der Waals surface area contributed by atoms with E-state index in [2.05, 4.69) is 10.2 Å². The summed E-state index contributed by atoms with van der Waals surface area (Å²) in [4.78, 5) is 15.2. The fraction of sp³-hybridized carbons (Fsp3) is 0.588. The molecule has 1 N–H and O–H groups in total. The second-order valence-electron chi connectivity index (χ2n) is 6.37. The number of nitrogens with zero attached hydrogens (tertiary/aromatic N) is 1. The van der Waals surface area contributed by atoms with E-state index in [0.717, 1.165) is 25.9 Å². The lowest BCUT2D eigenvalue weighted by atomic mass is 9.99. The van der Waals surface area contributed by atoms with Crippen LogP contribution in [0.25, 0.3) is 0 Å². The van der Waals surface area contributed by atoms with Crippen molar-refractivity contribution < 1.29 is 13.2 Å². The van der Waals surface area contributed by atoms with E-state index in [4.69, 9.17) is 0 Å². The minimum atomic E-state index is -3.40. The molecule has 1 aromatic carbocycles. The number of carbonyl (C=O) groups is 1. The highest BCUT2D eigenvalue weighted by atomic mass is 32.2. The number of hydrogen-bond donors (Lipinski definition) is 1. The highest BCUT2D eigenvalue weighted by molar-refractivity contribution is 7.91. The summed E-state index contributed by atoms with van der Waals surface area (Å²) in [7, 11) is -3.40. The zero-order valence-corrected chi connectivity index (χ0v) is 14.3. The molecule has 0 aliphatic carbocycles. The van der Waals surface area contributed by atoms with E-state index >= 15 is 0 Å². The summed E-state index contributed by atoms with van der Waals surface area (Å²) in [5.74, 6) is -0.271. The molecule has 5 nitrogen and oxygen atoms in total. The van der Waals surface area contributed by atoms with Crippen LogP contribution in [-0.2, 0) is 9.84 Å². The molecule has 0 unspecified atom stereocenters. The molecule has 2 aliphatic rings. The predicted octanol–water partition coefficient (Wildman–Crippen LogP) is 1.84. The van der Waals surface area contributed by atoms with Gasteiger partial charge in [0, 0.05) is 18.6 Å². The van der Waals surface area contributed by atoms with Gasteiger partial charge in [-0.25, -0.2) is 8.42 Å². The second kappa shape index (κ2) is 6.61. The third-order valence-corrected chi connectivity index (χ3v) is 6.81. The van der Waals surface area contributed by atoms with Crippen molar-refractivity contribution in [1.29, 1.82) is 0 Å². The molecule has 2 atom stereocenters. The maximum atomic E-state index is 12.7.